The van der Waals surface area contributed by atoms with Crippen molar-refractivity contribution in [3.63, 3.8) is 0 Å². The summed E-state index contributed by atoms with van der Waals surface area (Å²) in [6.45, 7) is 4.30. The standard InChI is InChI=1S/C19H24N2/c1-2-18(20)17-9-5-6-10-19(17)21-13-11-15-7-3-4-8-16(15)12-14-21/h3-10,18H,2,11-14,20H2,1H3/t18-/m0/s1. The second kappa shape index (κ2) is 6.31. The van der Waals surface area contributed by atoms with Crippen molar-refractivity contribution < 1.29 is 0 Å². The van der Waals surface area contributed by atoms with E-state index in [9.17, 15) is 0 Å². The Kier molecular flexibility index (Phi) is 4.26. The minimum atomic E-state index is 0.131. The van der Waals surface area contributed by atoms with Crippen LogP contribution in [-0.4, -0.2) is 13.1 Å². The Morgan fingerprint density at radius 2 is 1.52 bits per heavy atom. The van der Waals surface area contributed by atoms with Gasteiger partial charge >= 0.3 is 0 Å². The third kappa shape index (κ3) is 2.96. The molecule has 0 fully saturated rings. The van der Waals surface area contributed by atoms with Gasteiger partial charge < -0.3 is 10.6 Å². The van der Waals surface area contributed by atoms with Crippen LogP contribution in [0.1, 0.15) is 36.1 Å². The lowest BCUT2D eigenvalue weighted by molar-refractivity contribution is 0.689. The van der Waals surface area contributed by atoms with Crippen molar-refractivity contribution >= 4 is 5.69 Å². The van der Waals surface area contributed by atoms with Crippen LogP contribution in [0.25, 0.3) is 0 Å². The Labute approximate surface area is 127 Å². The smallest absolute Gasteiger partial charge is 0.0414 e. The lowest BCUT2D eigenvalue weighted by Gasteiger charge is -2.27. The van der Waals surface area contributed by atoms with Crippen LogP contribution in [0.4, 0.5) is 5.69 Å². The van der Waals surface area contributed by atoms with Crippen LogP contribution < -0.4 is 10.6 Å². The second-order valence-electron chi connectivity index (χ2n) is 5.83. The average Bonchev–Trinajstić information content (AvgIpc) is 2.77. The first-order chi connectivity index (χ1) is 10.3. The van der Waals surface area contributed by atoms with Gasteiger partial charge in [-0.1, -0.05) is 49.4 Å². The Morgan fingerprint density at radius 1 is 0.952 bits per heavy atom. The van der Waals surface area contributed by atoms with Crippen molar-refractivity contribution in [2.75, 3.05) is 18.0 Å². The van der Waals surface area contributed by atoms with Gasteiger partial charge in [0.1, 0.15) is 0 Å². The van der Waals surface area contributed by atoms with Crippen LogP contribution in [0.2, 0.25) is 0 Å². The molecule has 2 aromatic carbocycles. The SMILES string of the molecule is CC[C@H](N)c1ccccc1N1CCc2ccccc2CC1. The summed E-state index contributed by atoms with van der Waals surface area (Å²) in [5.41, 5.74) is 11.9. The molecule has 0 unspecified atom stereocenters. The van der Waals surface area contributed by atoms with Gasteiger partial charge in [-0.05, 0) is 42.0 Å². The number of rotatable bonds is 3. The maximum atomic E-state index is 6.30. The fourth-order valence-electron chi connectivity index (χ4n) is 3.22. The van der Waals surface area contributed by atoms with E-state index in [1.54, 1.807) is 0 Å². The fraction of sp³-hybridized carbons (Fsp3) is 0.368. The van der Waals surface area contributed by atoms with Crippen molar-refractivity contribution in [1.29, 1.82) is 0 Å². The summed E-state index contributed by atoms with van der Waals surface area (Å²) in [5.74, 6) is 0. The third-order valence-corrected chi connectivity index (χ3v) is 4.54. The van der Waals surface area contributed by atoms with Crippen molar-refractivity contribution in [2.24, 2.45) is 5.73 Å². The van der Waals surface area contributed by atoms with Crippen LogP contribution in [0.5, 0.6) is 0 Å². The highest BCUT2D eigenvalue weighted by Crippen LogP contribution is 2.28. The topological polar surface area (TPSA) is 29.3 Å². The second-order valence-corrected chi connectivity index (χ2v) is 5.83. The molecular formula is C19H24N2. The highest BCUT2D eigenvalue weighted by Gasteiger charge is 2.18. The Bertz CT molecular complexity index is 579. The molecule has 2 aromatic rings. The number of para-hydroxylation sites is 1. The monoisotopic (exact) mass is 280 g/mol. The molecule has 2 nitrogen and oxygen atoms in total. The molecule has 0 bridgehead atoms. The van der Waals surface area contributed by atoms with E-state index in [0.29, 0.717) is 0 Å². The van der Waals surface area contributed by atoms with Gasteiger partial charge in [0.2, 0.25) is 0 Å². The normalized spacial score (nSPS) is 16.2. The summed E-state index contributed by atoms with van der Waals surface area (Å²) < 4.78 is 0. The van der Waals surface area contributed by atoms with E-state index in [4.69, 9.17) is 5.73 Å². The van der Waals surface area contributed by atoms with Crippen LogP contribution in [0.15, 0.2) is 48.5 Å². The van der Waals surface area contributed by atoms with E-state index >= 15 is 0 Å². The molecule has 0 saturated carbocycles. The maximum absolute atomic E-state index is 6.30. The first kappa shape index (κ1) is 14.2. The number of hydrogen-bond donors (Lipinski definition) is 1. The van der Waals surface area contributed by atoms with Crippen LogP contribution in [0, 0.1) is 0 Å². The predicted octanol–water partition coefficient (Wildman–Crippen LogP) is 3.70. The molecule has 0 amide bonds. The summed E-state index contributed by atoms with van der Waals surface area (Å²) in [6.07, 6.45) is 3.21. The number of hydrogen-bond acceptors (Lipinski definition) is 2. The summed E-state index contributed by atoms with van der Waals surface area (Å²) in [6, 6.07) is 17.6. The molecule has 1 heterocycles. The van der Waals surface area contributed by atoms with Crippen LogP contribution >= 0.6 is 0 Å². The highest BCUT2D eigenvalue weighted by molar-refractivity contribution is 5.55. The molecule has 1 atom stereocenters. The maximum Gasteiger partial charge on any atom is 0.0414 e. The van der Waals surface area contributed by atoms with Gasteiger partial charge in [0.25, 0.3) is 0 Å². The van der Waals surface area contributed by atoms with Crippen LogP contribution in [-0.2, 0) is 12.8 Å². The largest absolute Gasteiger partial charge is 0.371 e. The molecule has 0 aliphatic carbocycles. The van der Waals surface area contributed by atoms with Crippen molar-refractivity contribution in [1.82, 2.24) is 0 Å². The molecule has 0 radical (unpaired) electrons. The van der Waals surface area contributed by atoms with Gasteiger partial charge in [-0.25, -0.2) is 0 Å². The van der Waals surface area contributed by atoms with Crippen LogP contribution in [0.3, 0.4) is 0 Å². The molecule has 1 aliphatic heterocycles. The van der Waals surface area contributed by atoms with E-state index in [0.717, 1.165) is 32.4 Å². The molecule has 3 rings (SSSR count). The highest BCUT2D eigenvalue weighted by atomic mass is 15.1. The van der Waals surface area contributed by atoms with Gasteiger partial charge in [-0.15, -0.1) is 0 Å². The van der Waals surface area contributed by atoms with Crippen molar-refractivity contribution in [3.05, 3.63) is 65.2 Å². The number of nitrogens with two attached hydrogens (primary N) is 1. The zero-order valence-corrected chi connectivity index (χ0v) is 12.8. The predicted molar refractivity (Wildman–Crippen MR) is 89.7 cm³/mol. The zero-order valence-electron chi connectivity index (χ0n) is 12.8. The Balaban J connectivity index is 1.86. The molecule has 110 valence electrons. The molecular weight excluding hydrogens is 256 g/mol. The molecule has 1 aliphatic rings. The van der Waals surface area contributed by atoms with E-state index < -0.39 is 0 Å². The minimum absolute atomic E-state index is 0.131. The van der Waals surface area contributed by atoms with Gasteiger partial charge in [0.05, 0.1) is 0 Å². The molecule has 2 heteroatoms. The zero-order chi connectivity index (χ0) is 14.7. The van der Waals surface area contributed by atoms with E-state index in [1.165, 1.54) is 22.4 Å². The number of nitrogens with zero attached hydrogens (tertiary/aromatic N) is 1. The molecule has 2 N–H and O–H groups in total. The van der Waals surface area contributed by atoms with Crippen molar-refractivity contribution in [3.8, 4) is 0 Å². The van der Waals surface area contributed by atoms with E-state index in [-0.39, 0.29) is 6.04 Å². The summed E-state index contributed by atoms with van der Waals surface area (Å²) >= 11 is 0. The van der Waals surface area contributed by atoms with Crippen molar-refractivity contribution in [2.45, 2.75) is 32.2 Å². The molecule has 0 spiro atoms. The van der Waals surface area contributed by atoms with Gasteiger partial charge in [-0.2, -0.15) is 0 Å². The summed E-state index contributed by atoms with van der Waals surface area (Å²) in [5, 5.41) is 0. The molecule has 0 saturated heterocycles. The van der Waals surface area contributed by atoms with Gasteiger partial charge in [0, 0.05) is 24.8 Å². The minimum Gasteiger partial charge on any atom is -0.371 e. The van der Waals surface area contributed by atoms with Gasteiger partial charge in [0.15, 0.2) is 0 Å². The summed E-state index contributed by atoms with van der Waals surface area (Å²) in [4.78, 5) is 2.50. The molecule has 21 heavy (non-hydrogen) atoms. The van der Waals surface area contributed by atoms with Gasteiger partial charge in [-0.3, -0.25) is 0 Å². The lowest BCUT2D eigenvalue weighted by atomic mass is 10.0. The number of fused-ring (bicyclic) bond motifs is 1. The first-order valence-corrected chi connectivity index (χ1v) is 7.96. The first-order valence-electron chi connectivity index (χ1n) is 7.96. The number of anilines is 1. The Hall–Kier alpha value is -1.80. The lowest BCUT2D eigenvalue weighted by Crippen LogP contribution is -2.28. The third-order valence-electron chi connectivity index (χ3n) is 4.54. The quantitative estimate of drug-likeness (QED) is 0.929. The molecule has 0 aromatic heterocycles. The van der Waals surface area contributed by atoms with E-state index in [2.05, 4.69) is 60.4 Å². The average molecular weight is 280 g/mol. The fourth-order valence-corrected chi connectivity index (χ4v) is 3.22. The Morgan fingerprint density at radius 3 is 2.14 bits per heavy atom. The van der Waals surface area contributed by atoms with E-state index in [1.807, 2.05) is 0 Å². The summed E-state index contributed by atoms with van der Waals surface area (Å²) in [7, 11) is 0. The number of benzene rings is 2.